The highest BCUT2D eigenvalue weighted by Crippen LogP contribution is 2.25. The van der Waals surface area contributed by atoms with Gasteiger partial charge in [0.05, 0.1) is 27.1 Å². The molecular formula is C29H48NO6P-2. The van der Waals surface area contributed by atoms with Crippen molar-refractivity contribution in [3.05, 3.63) is 42.0 Å². The van der Waals surface area contributed by atoms with Gasteiger partial charge in [0.2, 0.25) is 5.91 Å². The second-order valence-electron chi connectivity index (χ2n) is 9.62. The van der Waals surface area contributed by atoms with Gasteiger partial charge in [0, 0.05) is 6.42 Å². The van der Waals surface area contributed by atoms with E-state index in [0.717, 1.165) is 43.4 Å². The van der Waals surface area contributed by atoms with Crippen LogP contribution in [0.1, 0.15) is 109 Å². The van der Waals surface area contributed by atoms with Crippen molar-refractivity contribution < 1.29 is 28.4 Å². The number of rotatable bonds is 23. The van der Waals surface area contributed by atoms with Gasteiger partial charge in [0.25, 0.3) is 0 Å². The first-order chi connectivity index (χ1) is 17.8. The standard InChI is InChI=1S/C29H50NO6P/c1-3-5-6-7-8-9-10-11-12-13-14-15-16-17-18-19-29(31)30-27(25-36-37(32,33)34)24-26-20-22-28(23-21-26)35-4-2/h11-12,20-23,27H,3-10,13-19,24-25H2,1-2H3,(H,30,31)(H2,32,33,34)/p-2/b12-11-/t27-/m0/s1. The molecule has 1 aromatic carbocycles. The summed E-state index contributed by atoms with van der Waals surface area (Å²) in [5.41, 5.74) is 0.880. The molecule has 0 heterocycles. The molecule has 0 saturated carbocycles. The lowest BCUT2D eigenvalue weighted by molar-refractivity contribution is -0.342. The summed E-state index contributed by atoms with van der Waals surface area (Å²) in [7, 11) is -5.11. The van der Waals surface area contributed by atoms with Crippen LogP contribution < -0.4 is 19.8 Å². The Labute approximate surface area is 224 Å². The highest BCUT2D eigenvalue weighted by molar-refractivity contribution is 7.43. The van der Waals surface area contributed by atoms with Crippen molar-refractivity contribution in [2.24, 2.45) is 0 Å². The minimum absolute atomic E-state index is 0.163. The number of nitrogens with one attached hydrogen (secondary N) is 1. The zero-order valence-electron chi connectivity index (χ0n) is 23.0. The lowest BCUT2D eigenvalue weighted by Crippen LogP contribution is -2.40. The zero-order chi connectivity index (χ0) is 27.2. The quantitative estimate of drug-likeness (QED) is 0.104. The van der Waals surface area contributed by atoms with Crippen LogP contribution in [-0.2, 0) is 20.3 Å². The summed E-state index contributed by atoms with van der Waals surface area (Å²) in [6, 6.07) is 6.72. The van der Waals surface area contributed by atoms with Gasteiger partial charge in [-0.15, -0.1) is 0 Å². The van der Waals surface area contributed by atoms with Crippen LogP contribution in [-0.4, -0.2) is 25.2 Å². The molecule has 7 nitrogen and oxygen atoms in total. The number of unbranched alkanes of at least 4 members (excludes halogenated alkanes) is 11. The number of benzene rings is 1. The normalized spacial score (nSPS) is 12.6. The summed E-state index contributed by atoms with van der Waals surface area (Å²) in [6.45, 7) is 4.33. The number of hydrogen-bond acceptors (Lipinski definition) is 6. The minimum Gasteiger partial charge on any atom is -0.790 e. The third-order valence-corrected chi connectivity index (χ3v) is 6.65. The van der Waals surface area contributed by atoms with Crippen molar-refractivity contribution in [3.8, 4) is 5.75 Å². The number of ether oxygens (including phenoxy) is 1. The average molecular weight is 538 g/mol. The fourth-order valence-electron chi connectivity index (χ4n) is 4.16. The summed E-state index contributed by atoms with van der Waals surface area (Å²) in [5.74, 6) is 0.569. The van der Waals surface area contributed by atoms with E-state index in [-0.39, 0.29) is 12.5 Å². The Morgan fingerprint density at radius 1 is 0.892 bits per heavy atom. The Kier molecular flexibility index (Phi) is 19.2. The Hall–Kier alpha value is -1.66. The van der Waals surface area contributed by atoms with Crippen LogP contribution in [0.4, 0.5) is 0 Å². The average Bonchev–Trinajstić information content (AvgIpc) is 2.86. The first kappa shape index (κ1) is 33.4. The van der Waals surface area contributed by atoms with Crippen molar-refractivity contribution in [3.63, 3.8) is 0 Å². The lowest BCUT2D eigenvalue weighted by Gasteiger charge is -2.31. The van der Waals surface area contributed by atoms with Crippen molar-refractivity contribution in [1.82, 2.24) is 5.32 Å². The van der Waals surface area contributed by atoms with E-state index in [4.69, 9.17) is 4.74 Å². The Morgan fingerprint density at radius 3 is 2.03 bits per heavy atom. The maximum absolute atomic E-state index is 12.4. The van der Waals surface area contributed by atoms with E-state index in [0.29, 0.717) is 19.4 Å². The van der Waals surface area contributed by atoms with Gasteiger partial charge >= 0.3 is 0 Å². The van der Waals surface area contributed by atoms with Gasteiger partial charge in [-0.25, -0.2) is 0 Å². The topological polar surface area (TPSA) is 111 Å². The first-order valence-corrected chi connectivity index (χ1v) is 15.6. The predicted octanol–water partition coefficient (Wildman–Crippen LogP) is 6.00. The molecule has 0 fully saturated rings. The predicted molar refractivity (Wildman–Crippen MR) is 146 cm³/mol. The van der Waals surface area contributed by atoms with Crippen LogP contribution in [0.2, 0.25) is 0 Å². The van der Waals surface area contributed by atoms with E-state index >= 15 is 0 Å². The summed E-state index contributed by atoms with van der Waals surface area (Å²) in [5, 5.41) is 2.82. The molecule has 1 rings (SSSR count). The molecule has 8 heteroatoms. The Balaban J connectivity index is 2.22. The summed E-state index contributed by atoms with van der Waals surface area (Å²) in [6.07, 6.45) is 20.8. The van der Waals surface area contributed by atoms with Crippen LogP contribution in [0.5, 0.6) is 5.75 Å². The van der Waals surface area contributed by atoms with E-state index < -0.39 is 13.9 Å². The van der Waals surface area contributed by atoms with Crippen LogP contribution in [0, 0.1) is 0 Å². The fourth-order valence-corrected chi connectivity index (χ4v) is 4.52. The van der Waals surface area contributed by atoms with Crippen molar-refractivity contribution in [2.45, 2.75) is 116 Å². The number of allylic oxidation sites excluding steroid dienone is 2. The molecule has 0 spiro atoms. The van der Waals surface area contributed by atoms with Gasteiger partial charge < -0.3 is 28.9 Å². The molecule has 1 aromatic rings. The number of carbonyl (C=O) groups excluding carboxylic acids is 1. The van der Waals surface area contributed by atoms with E-state index in [1.807, 2.05) is 31.2 Å². The van der Waals surface area contributed by atoms with Crippen LogP contribution >= 0.6 is 7.82 Å². The van der Waals surface area contributed by atoms with Gasteiger partial charge in [0.15, 0.2) is 0 Å². The second-order valence-corrected chi connectivity index (χ2v) is 10.8. The monoisotopic (exact) mass is 537 g/mol. The molecule has 0 aliphatic carbocycles. The molecule has 1 N–H and O–H groups in total. The SMILES string of the molecule is CCCCCCCC/C=C\CCCCCCCC(=O)N[C@H](COP(=O)([O-])[O-])Cc1ccc(OCC)cc1. The molecule has 0 saturated heterocycles. The van der Waals surface area contributed by atoms with E-state index in [1.54, 1.807) is 0 Å². The third kappa shape index (κ3) is 20.0. The lowest BCUT2D eigenvalue weighted by atomic mass is 10.1. The third-order valence-electron chi connectivity index (χ3n) is 6.18. The molecular weight excluding hydrogens is 489 g/mol. The zero-order valence-corrected chi connectivity index (χ0v) is 23.9. The second kappa shape index (κ2) is 21.3. The molecule has 0 aliphatic rings. The van der Waals surface area contributed by atoms with Gasteiger partial charge in [-0.2, -0.15) is 0 Å². The van der Waals surface area contributed by atoms with Crippen LogP contribution in [0.15, 0.2) is 36.4 Å². The van der Waals surface area contributed by atoms with Crippen LogP contribution in [0.3, 0.4) is 0 Å². The number of hydrogen-bond donors (Lipinski definition) is 1. The molecule has 1 amide bonds. The largest absolute Gasteiger partial charge is 0.790 e. The number of phosphoric ester groups is 1. The Morgan fingerprint density at radius 2 is 1.46 bits per heavy atom. The molecule has 37 heavy (non-hydrogen) atoms. The van der Waals surface area contributed by atoms with Gasteiger partial charge in [-0.3, -0.25) is 4.79 Å². The molecule has 1 atom stereocenters. The minimum atomic E-state index is -5.11. The number of carbonyl (C=O) groups is 1. The first-order valence-electron chi connectivity index (χ1n) is 14.2. The number of amides is 1. The van der Waals surface area contributed by atoms with Crippen molar-refractivity contribution in [2.75, 3.05) is 13.2 Å². The Bertz CT molecular complexity index is 777. The highest BCUT2D eigenvalue weighted by atomic mass is 31.2. The molecule has 0 aromatic heterocycles. The fraction of sp³-hybridized carbons (Fsp3) is 0.690. The maximum Gasteiger partial charge on any atom is 0.220 e. The van der Waals surface area contributed by atoms with Crippen molar-refractivity contribution >= 4 is 13.7 Å². The molecule has 0 aliphatic heterocycles. The smallest absolute Gasteiger partial charge is 0.220 e. The summed E-state index contributed by atoms with van der Waals surface area (Å²) < 4.78 is 20.8. The number of phosphoric acid groups is 1. The van der Waals surface area contributed by atoms with Gasteiger partial charge in [-0.1, -0.05) is 82.6 Å². The molecule has 0 bridgehead atoms. The van der Waals surface area contributed by atoms with E-state index in [1.165, 1.54) is 51.4 Å². The van der Waals surface area contributed by atoms with E-state index in [2.05, 4.69) is 28.9 Å². The maximum atomic E-state index is 12.4. The van der Waals surface area contributed by atoms with Crippen molar-refractivity contribution in [1.29, 1.82) is 0 Å². The summed E-state index contributed by atoms with van der Waals surface area (Å²) >= 11 is 0. The molecule has 0 unspecified atom stereocenters. The van der Waals surface area contributed by atoms with Crippen LogP contribution in [0.25, 0.3) is 0 Å². The summed E-state index contributed by atoms with van der Waals surface area (Å²) in [4.78, 5) is 34.3. The molecule has 212 valence electrons. The van der Waals surface area contributed by atoms with Gasteiger partial charge in [0.1, 0.15) is 5.75 Å². The van der Waals surface area contributed by atoms with Gasteiger partial charge in [-0.05, 0) is 63.1 Å². The highest BCUT2D eigenvalue weighted by Gasteiger charge is 2.14. The van der Waals surface area contributed by atoms with E-state index in [9.17, 15) is 19.1 Å². The molecule has 0 radical (unpaired) electrons.